The summed E-state index contributed by atoms with van der Waals surface area (Å²) in [5.41, 5.74) is -0.470. The normalized spacial score (nSPS) is 27.2. The minimum absolute atomic E-state index is 0.386. The highest BCUT2D eigenvalue weighted by Crippen LogP contribution is 2.44. The average Bonchev–Trinajstić information content (AvgIpc) is 2.58. The molecule has 92 valence electrons. The maximum Gasteiger partial charge on any atom is 0.310 e. The second kappa shape index (κ2) is 5.17. The molecular formula is C13H22O3. The van der Waals surface area contributed by atoms with E-state index >= 15 is 0 Å². The van der Waals surface area contributed by atoms with E-state index in [1.165, 1.54) is 25.7 Å². The standard InChI is InChI=1S/C13H22O3/c14-12(15)13(7-9-16-10-8-13)11-5-3-1-2-4-6-11/h11H,1-10H2,(H,14,15). The monoisotopic (exact) mass is 226 g/mol. The molecule has 1 saturated carbocycles. The molecule has 3 nitrogen and oxygen atoms in total. The lowest BCUT2D eigenvalue weighted by molar-refractivity contribution is -0.160. The number of ether oxygens (including phenoxy) is 1. The summed E-state index contributed by atoms with van der Waals surface area (Å²) in [6, 6.07) is 0. The SMILES string of the molecule is O=C(O)C1(C2CCCCCC2)CCOCC1. The van der Waals surface area contributed by atoms with E-state index in [4.69, 9.17) is 4.74 Å². The molecule has 1 aliphatic heterocycles. The third kappa shape index (κ3) is 2.24. The van der Waals surface area contributed by atoms with Crippen LogP contribution in [0, 0.1) is 11.3 Å². The minimum Gasteiger partial charge on any atom is -0.481 e. The van der Waals surface area contributed by atoms with E-state index in [0.717, 1.165) is 12.8 Å². The Kier molecular flexibility index (Phi) is 3.85. The molecule has 1 heterocycles. The van der Waals surface area contributed by atoms with E-state index in [1.54, 1.807) is 0 Å². The zero-order valence-electron chi connectivity index (χ0n) is 9.91. The summed E-state index contributed by atoms with van der Waals surface area (Å²) in [5, 5.41) is 9.58. The quantitative estimate of drug-likeness (QED) is 0.736. The van der Waals surface area contributed by atoms with Crippen LogP contribution in [0.25, 0.3) is 0 Å². The van der Waals surface area contributed by atoms with Crippen LogP contribution in [0.2, 0.25) is 0 Å². The van der Waals surface area contributed by atoms with Crippen LogP contribution in [0.1, 0.15) is 51.4 Å². The molecule has 1 N–H and O–H groups in total. The van der Waals surface area contributed by atoms with Gasteiger partial charge in [-0.05, 0) is 31.6 Å². The van der Waals surface area contributed by atoms with E-state index in [1.807, 2.05) is 0 Å². The van der Waals surface area contributed by atoms with E-state index in [-0.39, 0.29) is 0 Å². The van der Waals surface area contributed by atoms with Gasteiger partial charge in [0.2, 0.25) is 0 Å². The highest BCUT2D eigenvalue weighted by atomic mass is 16.5. The van der Waals surface area contributed by atoms with Gasteiger partial charge < -0.3 is 9.84 Å². The Morgan fingerprint density at radius 3 is 2.12 bits per heavy atom. The van der Waals surface area contributed by atoms with Gasteiger partial charge in [0.05, 0.1) is 5.41 Å². The van der Waals surface area contributed by atoms with Gasteiger partial charge in [-0.1, -0.05) is 25.7 Å². The van der Waals surface area contributed by atoms with E-state index in [9.17, 15) is 9.90 Å². The van der Waals surface area contributed by atoms with Crippen molar-refractivity contribution in [2.45, 2.75) is 51.4 Å². The van der Waals surface area contributed by atoms with Crippen molar-refractivity contribution in [1.29, 1.82) is 0 Å². The summed E-state index contributed by atoms with van der Waals surface area (Å²) in [7, 11) is 0. The third-order valence-electron chi connectivity index (χ3n) is 4.45. The molecule has 16 heavy (non-hydrogen) atoms. The number of carbonyl (C=O) groups is 1. The zero-order chi connectivity index (χ0) is 11.4. The maximum atomic E-state index is 11.6. The fourth-order valence-corrected chi connectivity index (χ4v) is 3.36. The van der Waals surface area contributed by atoms with Gasteiger partial charge in [0.15, 0.2) is 0 Å². The van der Waals surface area contributed by atoms with E-state index < -0.39 is 11.4 Å². The van der Waals surface area contributed by atoms with Crippen LogP contribution in [0.3, 0.4) is 0 Å². The first-order valence-electron chi connectivity index (χ1n) is 6.57. The largest absolute Gasteiger partial charge is 0.481 e. The molecule has 1 saturated heterocycles. The van der Waals surface area contributed by atoms with Crippen molar-refractivity contribution in [3.8, 4) is 0 Å². The van der Waals surface area contributed by atoms with Gasteiger partial charge in [-0.15, -0.1) is 0 Å². The van der Waals surface area contributed by atoms with Crippen LogP contribution in [0.15, 0.2) is 0 Å². The van der Waals surface area contributed by atoms with Gasteiger partial charge in [0.25, 0.3) is 0 Å². The molecule has 0 aromatic heterocycles. The molecule has 2 fully saturated rings. The predicted molar refractivity (Wildman–Crippen MR) is 61.3 cm³/mol. The second-order valence-electron chi connectivity index (χ2n) is 5.26. The Morgan fingerprint density at radius 2 is 1.62 bits per heavy atom. The van der Waals surface area contributed by atoms with Crippen LogP contribution >= 0.6 is 0 Å². The number of carboxylic acids is 1. The summed E-state index contributed by atoms with van der Waals surface area (Å²) in [4.78, 5) is 11.6. The zero-order valence-corrected chi connectivity index (χ0v) is 9.91. The summed E-state index contributed by atoms with van der Waals surface area (Å²) in [6.45, 7) is 1.26. The summed E-state index contributed by atoms with van der Waals surface area (Å²) in [6.07, 6.45) is 8.62. The smallest absolute Gasteiger partial charge is 0.310 e. The average molecular weight is 226 g/mol. The first-order chi connectivity index (χ1) is 7.76. The second-order valence-corrected chi connectivity index (χ2v) is 5.26. The Bertz CT molecular complexity index is 236. The molecule has 0 bridgehead atoms. The molecule has 1 aliphatic carbocycles. The van der Waals surface area contributed by atoms with Crippen molar-refractivity contribution in [2.24, 2.45) is 11.3 Å². The number of hydrogen-bond donors (Lipinski definition) is 1. The highest BCUT2D eigenvalue weighted by Gasteiger charge is 2.46. The number of rotatable bonds is 2. The molecular weight excluding hydrogens is 204 g/mol. The lowest BCUT2D eigenvalue weighted by Crippen LogP contribution is -2.43. The number of hydrogen-bond acceptors (Lipinski definition) is 2. The predicted octanol–water partition coefficient (Wildman–Crippen LogP) is 2.84. The first kappa shape index (κ1) is 11.9. The van der Waals surface area contributed by atoms with Crippen LogP contribution in [0.4, 0.5) is 0 Å². The lowest BCUT2D eigenvalue weighted by atomic mass is 9.67. The van der Waals surface area contributed by atoms with Gasteiger partial charge in [-0.3, -0.25) is 4.79 Å². The lowest BCUT2D eigenvalue weighted by Gasteiger charge is -2.39. The van der Waals surface area contributed by atoms with Gasteiger partial charge in [-0.25, -0.2) is 0 Å². The van der Waals surface area contributed by atoms with E-state index in [0.29, 0.717) is 32.0 Å². The molecule has 0 aromatic carbocycles. The maximum absolute atomic E-state index is 11.6. The molecule has 0 unspecified atom stereocenters. The molecule has 3 heteroatoms. The van der Waals surface area contributed by atoms with Gasteiger partial charge in [0, 0.05) is 13.2 Å². The molecule has 0 amide bonds. The van der Waals surface area contributed by atoms with Crippen molar-refractivity contribution in [3.05, 3.63) is 0 Å². The summed E-state index contributed by atoms with van der Waals surface area (Å²) < 4.78 is 5.33. The Morgan fingerprint density at radius 1 is 1.06 bits per heavy atom. The topological polar surface area (TPSA) is 46.5 Å². The summed E-state index contributed by atoms with van der Waals surface area (Å²) in [5.74, 6) is -0.195. The van der Waals surface area contributed by atoms with Gasteiger partial charge in [0.1, 0.15) is 0 Å². The molecule has 0 spiro atoms. The van der Waals surface area contributed by atoms with Crippen molar-refractivity contribution < 1.29 is 14.6 Å². The van der Waals surface area contributed by atoms with Crippen LogP contribution < -0.4 is 0 Å². The minimum atomic E-state index is -0.581. The van der Waals surface area contributed by atoms with Crippen molar-refractivity contribution >= 4 is 5.97 Å². The number of carboxylic acid groups (broad SMARTS) is 1. The third-order valence-corrected chi connectivity index (χ3v) is 4.45. The van der Waals surface area contributed by atoms with Crippen molar-refractivity contribution in [3.63, 3.8) is 0 Å². The Hall–Kier alpha value is -0.570. The Balaban J connectivity index is 2.12. The Labute approximate surface area is 97.2 Å². The van der Waals surface area contributed by atoms with Crippen molar-refractivity contribution in [1.82, 2.24) is 0 Å². The van der Waals surface area contributed by atoms with Crippen LogP contribution in [-0.2, 0) is 9.53 Å². The summed E-state index contributed by atoms with van der Waals surface area (Å²) >= 11 is 0. The van der Waals surface area contributed by atoms with Crippen LogP contribution in [0.5, 0.6) is 0 Å². The molecule has 2 aliphatic rings. The first-order valence-corrected chi connectivity index (χ1v) is 6.57. The fourth-order valence-electron chi connectivity index (χ4n) is 3.36. The fraction of sp³-hybridized carbons (Fsp3) is 0.923. The molecule has 2 rings (SSSR count). The van der Waals surface area contributed by atoms with E-state index in [2.05, 4.69) is 0 Å². The van der Waals surface area contributed by atoms with Gasteiger partial charge in [-0.2, -0.15) is 0 Å². The number of aliphatic carboxylic acids is 1. The molecule has 0 aromatic rings. The molecule has 0 atom stereocenters. The molecule has 0 radical (unpaired) electrons. The van der Waals surface area contributed by atoms with Crippen LogP contribution in [-0.4, -0.2) is 24.3 Å². The van der Waals surface area contributed by atoms with Crippen molar-refractivity contribution in [2.75, 3.05) is 13.2 Å². The highest BCUT2D eigenvalue weighted by molar-refractivity contribution is 5.75. The van der Waals surface area contributed by atoms with Gasteiger partial charge >= 0.3 is 5.97 Å².